The second-order valence-corrected chi connectivity index (χ2v) is 17.0. The predicted molar refractivity (Wildman–Crippen MR) is 206 cm³/mol. The van der Waals surface area contributed by atoms with Crippen LogP contribution in [0.5, 0.6) is 5.75 Å². The number of hydrogen-bond donors (Lipinski definition) is 3. The highest BCUT2D eigenvalue weighted by Gasteiger charge is 2.41. The van der Waals surface area contributed by atoms with Crippen molar-refractivity contribution in [1.29, 1.82) is 0 Å². The number of thiazole rings is 1. The van der Waals surface area contributed by atoms with Gasteiger partial charge in [-0.25, -0.2) is 23.0 Å². The number of carbonyl (C=O) groups is 3. The fourth-order valence-corrected chi connectivity index (χ4v) is 9.45. The zero-order chi connectivity index (χ0) is 39.0. The van der Waals surface area contributed by atoms with Crippen LogP contribution >= 0.6 is 11.3 Å². The average molecular weight is 785 g/mol. The molecule has 5 rings (SSSR count). The first-order valence-corrected chi connectivity index (χ1v) is 20.8. The Morgan fingerprint density at radius 3 is 2.41 bits per heavy atom. The Balaban J connectivity index is 1.37. The van der Waals surface area contributed by atoms with Gasteiger partial charge in [-0.3, -0.25) is 9.69 Å². The summed E-state index contributed by atoms with van der Waals surface area (Å²) in [6.07, 6.45) is 2.25. The number of amides is 4. The molecule has 1 saturated heterocycles. The van der Waals surface area contributed by atoms with Gasteiger partial charge >= 0.3 is 12.1 Å². The lowest BCUT2D eigenvalue weighted by atomic mass is 9.95. The van der Waals surface area contributed by atoms with Gasteiger partial charge in [0, 0.05) is 38.6 Å². The van der Waals surface area contributed by atoms with Crippen molar-refractivity contribution in [2.45, 2.75) is 82.0 Å². The molecule has 3 aromatic rings. The van der Waals surface area contributed by atoms with E-state index in [2.05, 4.69) is 10.3 Å². The van der Waals surface area contributed by atoms with E-state index in [9.17, 15) is 33.0 Å². The number of aliphatic hydroxyl groups excluding tert-OH is 1. The minimum Gasteiger partial charge on any atom is -0.497 e. The summed E-state index contributed by atoms with van der Waals surface area (Å²) >= 11 is 1.16. The minimum atomic E-state index is -4.03. The predicted octanol–water partition coefficient (Wildman–Crippen LogP) is 4.89. The van der Waals surface area contributed by atoms with Gasteiger partial charge < -0.3 is 30.1 Å². The zero-order valence-corrected chi connectivity index (χ0v) is 33.0. The first kappa shape index (κ1) is 40.9. The molecule has 0 spiro atoms. The smallest absolute Gasteiger partial charge is 0.413 e. The molecule has 14 nitrogen and oxygen atoms in total. The molecule has 294 valence electrons. The van der Waals surface area contributed by atoms with Crippen molar-refractivity contribution >= 4 is 44.5 Å². The Kier molecular flexibility index (Phi) is 13.9. The summed E-state index contributed by atoms with van der Waals surface area (Å²) in [6, 6.07) is 13.5. The number of benzene rings is 2. The van der Waals surface area contributed by atoms with Gasteiger partial charge in [-0.15, -0.1) is 11.3 Å². The van der Waals surface area contributed by atoms with Crippen molar-refractivity contribution < 1.29 is 37.8 Å². The Morgan fingerprint density at radius 2 is 1.78 bits per heavy atom. The van der Waals surface area contributed by atoms with Crippen molar-refractivity contribution in [2.24, 2.45) is 11.8 Å². The molecule has 2 fully saturated rings. The zero-order valence-electron chi connectivity index (χ0n) is 31.3. The number of aliphatic hydroxyl groups is 1. The van der Waals surface area contributed by atoms with Crippen molar-refractivity contribution in [2.75, 3.05) is 45.2 Å². The lowest BCUT2D eigenvalue weighted by Gasteiger charge is -2.35. The topological polar surface area (TPSA) is 173 Å². The molecular weight excluding hydrogens is 733 g/mol. The summed E-state index contributed by atoms with van der Waals surface area (Å²) < 4.78 is 34.9. The van der Waals surface area contributed by atoms with Gasteiger partial charge in [0.15, 0.2) is 5.13 Å². The van der Waals surface area contributed by atoms with E-state index in [1.165, 1.54) is 30.6 Å². The monoisotopic (exact) mass is 784 g/mol. The lowest BCUT2D eigenvalue weighted by Crippen LogP contribution is -2.57. The van der Waals surface area contributed by atoms with Crippen LogP contribution in [-0.2, 0) is 27.8 Å². The number of sulfonamides is 1. The summed E-state index contributed by atoms with van der Waals surface area (Å²) in [4.78, 5) is 48.2. The number of aromatic nitrogens is 1. The summed E-state index contributed by atoms with van der Waals surface area (Å²) in [6.45, 7) is 4.65. The van der Waals surface area contributed by atoms with Crippen LogP contribution < -0.4 is 15.0 Å². The van der Waals surface area contributed by atoms with Crippen LogP contribution in [0.4, 0.5) is 14.7 Å². The number of hydrogen-bond acceptors (Lipinski definition) is 9. The fraction of sp³-hybridized carbons (Fsp3) is 0.526. The SMILES string of the molecule is CC[C@H](C)[C@@H](C(=O)N[C@@H](Cc1ccccc1)[C@H](O)CN(CC1CCCC1)S(=O)(=O)c1ccc(OC)cc1)N1CCN(Cc2csc(N(C)C(=O)O)n2)C1=O. The summed E-state index contributed by atoms with van der Waals surface area (Å²) in [7, 11) is -1.11. The Morgan fingerprint density at radius 1 is 1.09 bits per heavy atom. The molecule has 3 N–H and O–H groups in total. The van der Waals surface area contributed by atoms with Crippen LogP contribution in [0.1, 0.15) is 57.2 Å². The molecule has 4 atom stereocenters. The van der Waals surface area contributed by atoms with Gasteiger partial charge in [-0.1, -0.05) is 63.4 Å². The van der Waals surface area contributed by atoms with E-state index in [0.29, 0.717) is 29.5 Å². The van der Waals surface area contributed by atoms with Gasteiger partial charge in [0.25, 0.3) is 0 Å². The molecule has 1 aliphatic carbocycles. The summed E-state index contributed by atoms with van der Waals surface area (Å²) in [5, 5.41) is 26.3. The molecule has 0 unspecified atom stereocenters. The highest BCUT2D eigenvalue weighted by atomic mass is 32.2. The second kappa shape index (κ2) is 18.4. The number of anilines is 1. The third kappa shape index (κ3) is 9.88. The molecule has 2 aromatic carbocycles. The molecule has 0 bridgehead atoms. The number of ether oxygens (including phenoxy) is 1. The first-order valence-electron chi connectivity index (χ1n) is 18.5. The number of nitrogens with one attached hydrogen (secondary N) is 1. The molecule has 16 heteroatoms. The molecule has 1 saturated carbocycles. The highest BCUT2D eigenvalue weighted by Crippen LogP contribution is 2.30. The van der Waals surface area contributed by atoms with Gasteiger partial charge in [-0.05, 0) is 60.9 Å². The molecule has 4 amide bonds. The third-order valence-electron chi connectivity index (χ3n) is 10.5. The van der Waals surface area contributed by atoms with Crippen LogP contribution in [0.25, 0.3) is 0 Å². The number of nitrogens with zero attached hydrogens (tertiary/aromatic N) is 5. The van der Waals surface area contributed by atoms with Gasteiger partial charge in [0.05, 0.1) is 36.4 Å². The fourth-order valence-electron chi connectivity index (χ4n) is 7.14. The van der Waals surface area contributed by atoms with E-state index in [-0.39, 0.29) is 55.4 Å². The van der Waals surface area contributed by atoms with E-state index in [1.807, 2.05) is 44.2 Å². The third-order valence-corrected chi connectivity index (χ3v) is 13.3. The maximum atomic E-state index is 14.4. The molecule has 2 aliphatic rings. The standard InChI is InChI=1S/C38H52N6O8S2/c1-5-26(2)34(44-20-19-42(37(44)47)23-29-25-53-36(39-29)41(3)38(48)49)35(46)40-32(21-27-11-7-6-8-12-27)33(45)24-43(22-28-13-9-10-14-28)54(50,51)31-17-15-30(52-4)16-18-31/h6-8,11-12,15-18,25-26,28,32-34,45H,5,9-10,13-14,19-24H2,1-4H3,(H,40,46)(H,48,49)/t26-,32-,33+,34-/m0/s1. The normalized spacial score (nSPS) is 17.4. The Labute approximate surface area is 321 Å². The van der Waals surface area contributed by atoms with Crippen molar-refractivity contribution in [3.8, 4) is 5.75 Å². The lowest BCUT2D eigenvalue weighted by molar-refractivity contribution is -0.128. The number of carboxylic acid groups (broad SMARTS) is 1. The summed E-state index contributed by atoms with van der Waals surface area (Å²) in [5.41, 5.74) is 1.39. The van der Waals surface area contributed by atoms with Crippen molar-refractivity contribution in [3.63, 3.8) is 0 Å². The first-order chi connectivity index (χ1) is 25.8. The number of urea groups is 1. The van der Waals surface area contributed by atoms with Crippen LogP contribution in [0.3, 0.4) is 0 Å². The van der Waals surface area contributed by atoms with E-state index in [1.54, 1.807) is 27.3 Å². The quantitative estimate of drug-likeness (QED) is 0.162. The van der Waals surface area contributed by atoms with Gasteiger partial charge in [0.1, 0.15) is 11.8 Å². The molecule has 1 aromatic heterocycles. The van der Waals surface area contributed by atoms with Crippen molar-refractivity contribution in [3.05, 3.63) is 71.2 Å². The molecule has 0 radical (unpaired) electrons. The van der Waals surface area contributed by atoms with Crippen LogP contribution in [0, 0.1) is 11.8 Å². The van der Waals surface area contributed by atoms with Crippen LogP contribution in [-0.4, -0.2) is 114 Å². The van der Waals surface area contributed by atoms with Crippen molar-refractivity contribution in [1.82, 2.24) is 24.4 Å². The summed E-state index contributed by atoms with van der Waals surface area (Å²) in [5.74, 6) is 0.00487. The maximum absolute atomic E-state index is 14.4. The van der Waals surface area contributed by atoms with E-state index < -0.39 is 40.2 Å². The molecule has 54 heavy (non-hydrogen) atoms. The van der Waals surface area contributed by atoms with Gasteiger partial charge in [-0.2, -0.15) is 4.31 Å². The Bertz CT molecular complexity index is 1820. The average Bonchev–Trinajstić information content (AvgIpc) is 3.94. The number of rotatable bonds is 18. The molecule has 2 heterocycles. The Hall–Kier alpha value is -4.25. The van der Waals surface area contributed by atoms with Gasteiger partial charge in [0.2, 0.25) is 15.9 Å². The number of carbonyl (C=O) groups excluding carboxylic acids is 2. The van der Waals surface area contributed by atoms with E-state index >= 15 is 0 Å². The number of methoxy groups -OCH3 is 1. The van der Waals surface area contributed by atoms with Crippen LogP contribution in [0.15, 0.2) is 64.9 Å². The van der Waals surface area contributed by atoms with E-state index in [0.717, 1.165) is 47.5 Å². The minimum absolute atomic E-state index is 0.0915. The second-order valence-electron chi connectivity index (χ2n) is 14.2. The maximum Gasteiger partial charge on any atom is 0.413 e. The largest absolute Gasteiger partial charge is 0.497 e. The van der Waals surface area contributed by atoms with E-state index in [4.69, 9.17) is 4.74 Å². The highest BCUT2D eigenvalue weighted by molar-refractivity contribution is 7.89. The van der Waals surface area contributed by atoms with Crippen LogP contribution in [0.2, 0.25) is 0 Å². The molecule has 1 aliphatic heterocycles. The molecular formula is C38H52N6O8S2.